The molecule has 6 nitrogen and oxygen atoms in total. The molecule has 1 fully saturated rings. The third kappa shape index (κ3) is 4.21. The molecule has 0 aliphatic carbocycles. The lowest BCUT2D eigenvalue weighted by Gasteiger charge is -2.30. The van der Waals surface area contributed by atoms with E-state index in [1.807, 2.05) is 6.07 Å². The van der Waals surface area contributed by atoms with E-state index < -0.39 is 0 Å². The molecule has 0 spiro atoms. The highest BCUT2D eigenvalue weighted by molar-refractivity contribution is 6.03. The van der Waals surface area contributed by atoms with E-state index in [1.54, 1.807) is 30.3 Å². The molecule has 0 radical (unpaired) electrons. The largest absolute Gasteiger partial charge is 0.355 e. The van der Waals surface area contributed by atoms with Gasteiger partial charge in [0.1, 0.15) is 0 Å². The van der Waals surface area contributed by atoms with Crippen LogP contribution in [0.2, 0.25) is 0 Å². The number of anilines is 2. The van der Waals surface area contributed by atoms with Crippen molar-refractivity contribution in [3.05, 3.63) is 47.7 Å². The fourth-order valence-electron chi connectivity index (χ4n) is 2.86. The maximum atomic E-state index is 12.3. The van der Waals surface area contributed by atoms with E-state index >= 15 is 0 Å². The summed E-state index contributed by atoms with van der Waals surface area (Å²) in [6.07, 6.45) is 2.30. The summed E-state index contributed by atoms with van der Waals surface area (Å²) in [5, 5.41) is 11.0. The average molecular weight is 338 g/mol. The number of hydrogen-bond acceptors (Lipinski definition) is 5. The quantitative estimate of drug-likeness (QED) is 0.867. The summed E-state index contributed by atoms with van der Waals surface area (Å²) in [6, 6.07) is 10.4. The van der Waals surface area contributed by atoms with Gasteiger partial charge in [-0.05, 0) is 49.9 Å². The van der Waals surface area contributed by atoms with Crippen LogP contribution in [0.5, 0.6) is 0 Å². The third-order valence-corrected chi connectivity index (χ3v) is 4.52. The van der Waals surface area contributed by atoms with Crippen molar-refractivity contribution in [1.29, 1.82) is 0 Å². The number of benzene rings is 1. The maximum Gasteiger partial charge on any atom is 0.276 e. The summed E-state index contributed by atoms with van der Waals surface area (Å²) < 4.78 is 0. The Balaban J connectivity index is 1.66. The van der Waals surface area contributed by atoms with Gasteiger partial charge in [-0.25, -0.2) is 0 Å². The standard InChI is InChI=1S/C19H22N4O2/c1-13-8-10-23(11-9-13)18-7-6-17(21-22-18)19(25)20-16-5-3-4-15(12-16)14(2)24/h3-7,12-13H,8-11H2,1-2H3,(H,20,25). The molecular formula is C19H22N4O2. The average Bonchev–Trinajstić information content (AvgIpc) is 2.63. The van der Waals surface area contributed by atoms with Gasteiger partial charge in [-0.3, -0.25) is 9.59 Å². The van der Waals surface area contributed by atoms with Crippen molar-refractivity contribution >= 4 is 23.2 Å². The Hall–Kier alpha value is -2.76. The lowest BCUT2D eigenvalue weighted by atomic mass is 9.99. The Kier molecular flexibility index (Phi) is 5.07. The first-order valence-corrected chi connectivity index (χ1v) is 8.54. The molecule has 2 heterocycles. The highest BCUT2D eigenvalue weighted by Crippen LogP contribution is 2.21. The minimum atomic E-state index is -0.341. The number of aromatic nitrogens is 2. The summed E-state index contributed by atoms with van der Waals surface area (Å²) in [5.74, 6) is 1.17. The van der Waals surface area contributed by atoms with Crippen LogP contribution < -0.4 is 10.2 Å². The van der Waals surface area contributed by atoms with Crippen molar-refractivity contribution in [2.45, 2.75) is 26.7 Å². The monoisotopic (exact) mass is 338 g/mol. The van der Waals surface area contributed by atoms with E-state index in [9.17, 15) is 9.59 Å². The molecule has 0 unspecified atom stereocenters. The van der Waals surface area contributed by atoms with Crippen molar-refractivity contribution in [2.75, 3.05) is 23.3 Å². The molecule has 1 amide bonds. The van der Waals surface area contributed by atoms with Gasteiger partial charge in [0.2, 0.25) is 0 Å². The van der Waals surface area contributed by atoms with Gasteiger partial charge in [0.05, 0.1) is 0 Å². The molecule has 1 aromatic carbocycles. The van der Waals surface area contributed by atoms with Gasteiger partial charge in [-0.15, -0.1) is 10.2 Å². The smallest absolute Gasteiger partial charge is 0.276 e. The molecule has 0 bridgehead atoms. The Morgan fingerprint density at radius 1 is 1.12 bits per heavy atom. The molecule has 130 valence electrons. The fourth-order valence-corrected chi connectivity index (χ4v) is 2.86. The van der Waals surface area contributed by atoms with Gasteiger partial charge in [-0.1, -0.05) is 19.1 Å². The lowest BCUT2D eigenvalue weighted by molar-refractivity contribution is 0.100. The normalized spacial score (nSPS) is 15.0. The van der Waals surface area contributed by atoms with Crippen LogP contribution in [0.4, 0.5) is 11.5 Å². The fraction of sp³-hybridized carbons (Fsp3) is 0.368. The van der Waals surface area contributed by atoms with Crippen LogP contribution in [0.15, 0.2) is 36.4 Å². The van der Waals surface area contributed by atoms with Crippen LogP contribution in [0.1, 0.15) is 47.5 Å². The Labute approximate surface area is 147 Å². The summed E-state index contributed by atoms with van der Waals surface area (Å²) in [6.45, 7) is 5.70. The molecule has 6 heteroatoms. The Morgan fingerprint density at radius 2 is 1.88 bits per heavy atom. The summed E-state index contributed by atoms with van der Waals surface area (Å²) >= 11 is 0. The molecule has 3 rings (SSSR count). The first-order chi connectivity index (χ1) is 12.0. The number of piperidine rings is 1. The van der Waals surface area contributed by atoms with E-state index in [1.165, 1.54) is 6.92 Å². The number of carbonyl (C=O) groups excluding carboxylic acids is 2. The number of Topliss-reactive ketones (excluding diaryl/α,β-unsaturated/α-hetero) is 1. The number of ketones is 1. The summed E-state index contributed by atoms with van der Waals surface area (Å²) in [5.41, 5.74) is 1.37. The molecule has 1 aromatic heterocycles. The van der Waals surface area contributed by atoms with Gasteiger partial charge < -0.3 is 10.2 Å². The predicted octanol–water partition coefficient (Wildman–Crippen LogP) is 3.17. The SMILES string of the molecule is CC(=O)c1cccc(NC(=O)c2ccc(N3CCC(C)CC3)nn2)c1. The topological polar surface area (TPSA) is 75.2 Å². The zero-order chi connectivity index (χ0) is 17.8. The molecule has 1 N–H and O–H groups in total. The second kappa shape index (κ2) is 7.42. The molecule has 1 saturated heterocycles. The molecule has 1 aliphatic heterocycles. The lowest BCUT2D eigenvalue weighted by Crippen LogP contribution is -2.33. The molecule has 0 atom stereocenters. The van der Waals surface area contributed by atoms with Crippen molar-refractivity contribution in [3.8, 4) is 0 Å². The molecular weight excluding hydrogens is 316 g/mol. The zero-order valence-corrected chi connectivity index (χ0v) is 14.5. The molecule has 25 heavy (non-hydrogen) atoms. The van der Waals surface area contributed by atoms with Crippen LogP contribution in [0.25, 0.3) is 0 Å². The summed E-state index contributed by atoms with van der Waals surface area (Å²) in [7, 11) is 0. The minimum absolute atomic E-state index is 0.0453. The number of amides is 1. The van der Waals surface area contributed by atoms with Crippen LogP contribution in [0, 0.1) is 5.92 Å². The Morgan fingerprint density at radius 3 is 2.52 bits per heavy atom. The predicted molar refractivity (Wildman–Crippen MR) is 97.0 cm³/mol. The highest BCUT2D eigenvalue weighted by Gasteiger charge is 2.18. The van der Waals surface area contributed by atoms with Crippen LogP contribution >= 0.6 is 0 Å². The highest BCUT2D eigenvalue weighted by atomic mass is 16.2. The number of hydrogen-bond donors (Lipinski definition) is 1. The second-order valence-corrected chi connectivity index (χ2v) is 6.54. The van der Waals surface area contributed by atoms with E-state index in [-0.39, 0.29) is 17.4 Å². The Bertz CT molecular complexity index is 765. The van der Waals surface area contributed by atoms with Gasteiger partial charge in [0.15, 0.2) is 17.3 Å². The summed E-state index contributed by atoms with van der Waals surface area (Å²) in [4.78, 5) is 25.9. The van der Waals surface area contributed by atoms with Crippen LogP contribution in [-0.4, -0.2) is 35.0 Å². The molecule has 2 aromatic rings. The number of carbonyl (C=O) groups is 2. The van der Waals surface area contributed by atoms with Crippen LogP contribution in [-0.2, 0) is 0 Å². The first kappa shape index (κ1) is 17.1. The van der Waals surface area contributed by atoms with Gasteiger partial charge in [0.25, 0.3) is 5.91 Å². The second-order valence-electron chi connectivity index (χ2n) is 6.54. The minimum Gasteiger partial charge on any atom is -0.355 e. The van der Waals surface area contributed by atoms with Crippen molar-refractivity contribution in [3.63, 3.8) is 0 Å². The van der Waals surface area contributed by atoms with E-state index in [0.29, 0.717) is 11.3 Å². The van der Waals surface area contributed by atoms with Crippen molar-refractivity contribution < 1.29 is 9.59 Å². The number of rotatable bonds is 4. The first-order valence-electron chi connectivity index (χ1n) is 8.54. The molecule has 1 aliphatic rings. The molecule has 0 saturated carbocycles. The van der Waals surface area contributed by atoms with E-state index in [2.05, 4.69) is 27.3 Å². The van der Waals surface area contributed by atoms with E-state index in [0.717, 1.165) is 37.7 Å². The third-order valence-electron chi connectivity index (χ3n) is 4.52. The van der Waals surface area contributed by atoms with Crippen molar-refractivity contribution in [1.82, 2.24) is 10.2 Å². The maximum absolute atomic E-state index is 12.3. The zero-order valence-electron chi connectivity index (χ0n) is 14.5. The number of nitrogens with zero attached hydrogens (tertiary/aromatic N) is 3. The van der Waals surface area contributed by atoms with Gasteiger partial charge in [-0.2, -0.15) is 0 Å². The van der Waals surface area contributed by atoms with Crippen LogP contribution in [0.3, 0.4) is 0 Å². The van der Waals surface area contributed by atoms with Gasteiger partial charge in [0, 0.05) is 24.3 Å². The van der Waals surface area contributed by atoms with Crippen molar-refractivity contribution in [2.24, 2.45) is 5.92 Å². The number of nitrogens with one attached hydrogen (secondary N) is 1. The van der Waals surface area contributed by atoms with Gasteiger partial charge >= 0.3 is 0 Å². The van der Waals surface area contributed by atoms with E-state index in [4.69, 9.17) is 0 Å².